The van der Waals surface area contributed by atoms with E-state index in [1.807, 2.05) is 0 Å². The second kappa shape index (κ2) is 6.34. The number of amides is 2. The molecule has 0 bridgehead atoms. The molecule has 2 amide bonds. The first-order valence-corrected chi connectivity index (χ1v) is 5.96. The van der Waals surface area contributed by atoms with Crippen LogP contribution in [0.4, 0.5) is 14.9 Å². The van der Waals surface area contributed by atoms with E-state index in [1.165, 1.54) is 12.1 Å². The van der Waals surface area contributed by atoms with Gasteiger partial charge < -0.3 is 15.3 Å². The molecule has 18 heavy (non-hydrogen) atoms. The third-order valence-corrected chi connectivity index (χ3v) is 2.86. The largest absolute Gasteiger partial charge is 0.480 e. The summed E-state index contributed by atoms with van der Waals surface area (Å²) < 4.78 is 13.5. The molecule has 0 atom stereocenters. The average Bonchev–Trinajstić information content (AvgIpc) is 2.30. The Morgan fingerprint density at radius 3 is 2.72 bits per heavy atom. The molecular weight excluding hydrogens is 307 g/mol. The number of likely N-dealkylation sites (N-methyl/N-ethyl adjacent to an activating group) is 1. The van der Waals surface area contributed by atoms with Gasteiger partial charge in [-0.2, -0.15) is 0 Å². The standard InChI is InChI=1S/C11H12BrFN2O3/c1-2-15(6-10(16)17)11(18)14-9-5-7(13)3-4-8(9)12/h3-5H,2,6H2,1H3,(H,14,18)(H,16,17). The number of rotatable bonds is 4. The van der Waals surface area contributed by atoms with Gasteiger partial charge in [-0.3, -0.25) is 4.79 Å². The Kier molecular flexibility index (Phi) is 5.08. The highest BCUT2D eigenvalue weighted by atomic mass is 79.9. The van der Waals surface area contributed by atoms with Crippen molar-refractivity contribution in [2.45, 2.75) is 6.92 Å². The minimum atomic E-state index is -1.11. The SMILES string of the molecule is CCN(CC(=O)O)C(=O)Nc1cc(F)ccc1Br. The van der Waals surface area contributed by atoms with E-state index < -0.39 is 24.4 Å². The molecule has 1 rings (SSSR count). The quantitative estimate of drug-likeness (QED) is 0.896. The van der Waals surface area contributed by atoms with Gasteiger partial charge in [0.15, 0.2) is 0 Å². The van der Waals surface area contributed by atoms with Crippen LogP contribution >= 0.6 is 15.9 Å². The maximum atomic E-state index is 13.0. The monoisotopic (exact) mass is 318 g/mol. The number of benzene rings is 1. The highest BCUT2D eigenvalue weighted by Crippen LogP contribution is 2.23. The lowest BCUT2D eigenvalue weighted by atomic mass is 10.3. The molecule has 7 heteroatoms. The van der Waals surface area contributed by atoms with Crippen molar-refractivity contribution in [1.29, 1.82) is 0 Å². The van der Waals surface area contributed by atoms with Gasteiger partial charge in [-0.1, -0.05) is 0 Å². The van der Waals surface area contributed by atoms with Crippen LogP contribution in [0, 0.1) is 5.82 Å². The Morgan fingerprint density at radius 1 is 1.50 bits per heavy atom. The van der Waals surface area contributed by atoms with Gasteiger partial charge in [0.25, 0.3) is 0 Å². The third-order valence-electron chi connectivity index (χ3n) is 2.17. The van der Waals surface area contributed by atoms with E-state index in [2.05, 4.69) is 21.2 Å². The summed E-state index contributed by atoms with van der Waals surface area (Å²) in [7, 11) is 0. The summed E-state index contributed by atoms with van der Waals surface area (Å²) in [5.74, 6) is -1.60. The van der Waals surface area contributed by atoms with E-state index in [0.717, 1.165) is 11.0 Å². The zero-order chi connectivity index (χ0) is 13.7. The molecular formula is C11H12BrFN2O3. The Balaban J connectivity index is 2.79. The number of aliphatic carboxylic acids is 1. The van der Waals surface area contributed by atoms with E-state index >= 15 is 0 Å². The second-order valence-corrected chi connectivity index (χ2v) is 4.32. The van der Waals surface area contributed by atoms with Crippen molar-refractivity contribution in [3.8, 4) is 0 Å². The van der Waals surface area contributed by atoms with Crippen molar-refractivity contribution in [2.75, 3.05) is 18.4 Å². The van der Waals surface area contributed by atoms with Gasteiger partial charge in [0.1, 0.15) is 12.4 Å². The zero-order valence-corrected chi connectivity index (χ0v) is 11.2. The summed E-state index contributed by atoms with van der Waals surface area (Å²) in [5.41, 5.74) is 0.254. The van der Waals surface area contributed by atoms with Crippen molar-refractivity contribution in [1.82, 2.24) is 4.90 Å². The summed E-state index contributed by atoms with van der Waals surface area (Å²) in [6.07, 6.45) is 0. The van der Waals surface area contributed by atoms with Crippen LogP contribution in [-0.2, 0) is 4.79 Å². The van der Waals surface area contributed by atoms with Crippen LogP contribution in [0.3, 0.4) is 0 Å². The van der Waals surface area contributed by atoms with E-state index in [0.29, 0.717) is 4.47 Å². The predicted octanol–water partition coefficient (Wildman–Crippen LogP) is 2.53. The topological polar surface area (TPSA) is 69.6 Å². The van der Waals surface area contributed by atoms with Crippen molar-refractivity contribution in [2.24, 2.45) is 0 Å². The first-order chi connectivity index (χ1) is 8.43. The lowest BCUT2D eigenvalue weighted by Crippen LogP contribution is -2.38. The van der Waals surface area contributed by atoms with Gasteiger partial charge in [0.05, 0.1) is 5.69 Å². The molecule has 98 valence electrons. The van der Waals surface area contributed by atoms with Crippen molar-refractivity contribution >= 4 is 33.6 Å². The number of carboxylic acids is 1. The number of hydrogen-bond acceptors (Lipinski definition) is 2. The van der Waals surface area contributed by atoms with Gasteiger partial charge in [0, 0.05) is 11.0 Å². The Labute approximate surface area is 112 Å². The summed E-state index contributed by atoms with van der Waals surface area (Å²) in [5, 5.41) is 11.1. The number of urea groups is 1. The average molecular weight is 319 g/mol. The van der Waals surface area contributed by atoms with Crippen LogP contribution in [0.15, 0.2) is 22.7 Å². The first kappa shape index (κ1) is 14.4. The van der Waals surface area contributed by atoms with Crippen molar-refractivity contribution in [3.05, 3.63) is 28.5 Å². The number of nitrogens with one attached hydrogen (secondary N) is 1. The molecule has 0 aliphatic carbocycles. The number of carbonyl (C=O) groups excluding carboxylic acids is 1. The predicted molar refractivity (Wildman–Crippen MR) is 68.0 cm³/mol. The fourth-order valence-electron chi connectivity index (χ4n) is 1.28. The molecule has 1 aromatic carbocycles. The number of carbonyl (C=O) groups is 2. The molecule has 0 aromatic heterocycles. The number of hydrogen-bond donors (Lipinski definition) is 2. The Hall–Kier alpha value is -1.63. The van der Waals surface area contributed by atoms with Gasteiger partial charge in [-0.05, 0) is 41.1 Å². The van der Waals surface area contributed by atoms with Gasteiger partial charge >= 0.3 is 12.0 Å². The van der Waals surface area contributed by atoms with Gasteiger partial charge in [-0.25, -0.2) is 9.18 Å². The number of halogens is 2. The summed E-state index contributed by atoms with van der Waals surface area (Å²) in [6, 6.07) is 3.26. The van der Waals surface area contributed by atoms with Gasteiger partial charge in [0.2, 0.25) is 0 Å². The highest BCUT2D eigenvalue weighted by molar-refractivity contribution is 9.10. The molecule has 0 fully saturated rings. The first-order valence-electron chi connectivity index (χ1n) is 5.16. The lowest BCUT2D eigenvalue weighted by Gasteiger charge is -2.19. The molecule has 0 spiro atoms. The third kappa shape index (κ3) is 3.99. The normalized spacial score (nSPS) is 9.94. The minimum Gasteiger partial charge on any atom is -0.480 e. The lowest BCUT2D eigenvalue weighted by molar-refractivity contribution is -0.137. The van der Waals surface area contributed by atoms with E-state index in [-0.39, 0.29) is 12.2 Å². The van der Waals surface area contributed by atoms with E-state index in [9.17, 15) is 14.0 Å². The smallest absolute Gasteiger partial charge is 0.323 e. The van der Waals surface area contributed by atoms with Gasteiger partial charge in [-0.15, -0.1) is 0 Å². The molecule has 0 saturated carbocycles. The summed E-state index contributed by atoms with van der Waals surface area (Å²) >= 11 is 3.16. The molecule has 0 aliphatic rings. The Bertz CT molecular complexity index is 468. The van der Waals surface area contributed by atoms with Crippen LogP contribution < -0.4 is 5.32 Å². The number of carboxylic acid groups (broad SMARTS) is 1. The molecule has 0 aliphatic heterocycles. The molecule has 1 aromatic rings. The molecule has 5 nitrogen and oxygen atoms in total. The number of nitrogens with zero attached hydrogens (tertiary/aromatic N) is 1. The second-order valence-electron chi connectivity index (χ2n) is 3.46. The van der Waals surface area contributed by atoms with Crippen LogP contribution in [-0.4, -0.2) is 35.1 Å². The van der Waals surface area contributed by atoms with Crippen LogP contribution in [0.2, 0.25) is 0 Å². The van der Waals surface area contributed by atoms with Crippen LogP contribution in [0.5, 0.6) is 0 Å². The maximum Gasteiger partial charge on any atom is 0.323 e. The van der Waals surface area contributed by atoms with E-state index in [1.54, 1.807) is 6.92 Å². The molecule has 2 N–H and O–H groups in total. The maximum absolute atomic E-state index is 13.0. The van der Waals surface area contributed by atoms with Crippen molar-refractivity contribution < 1.29 is 19.1 Å². The van der Waals surface area contributed by atoms with Crippen LogP contribution in [0.25, 0.3) is 0 Å². The fraction of sp³-hybridized carbons (Fsp3) is 0.273. The molecule has 0 heterocycles. The van der Waals surface area contributed by atoms with E-state index in [4.69, 9.17) is 5.11 Å². The molecule has 0 saturated heterocycles. The number of anilines is 1. The zero-order valence-electron chi connectivity index (χ0n) is 9.61. The van der Waals surface area contributed by atoms with Crippen molar-refractivity contribution in [3.63, 3.8) is 0 Å². The fourth-order valence-corrected chi connectivity index (χ4v) is 1.62. The molecule has 0 radical (unpaired) electrons. The summed E-state index contributed by atoms with van der Waals surface area (Å²) in [6.45, 7) is 1.49. The molecule has 0 unspecified atom stereocenters. The minimum absolute atomic E-state index is 0.241. The summed E-state index contributed by atoms with van der Waals surface area (Å²) in [4.78, 5) is 23.4. The highest BCUT2D eigenvalue weighted by Gasteiger charge is 2.16. The van der Waals surface area contributed by atoms with Crippen LogP contribution in [0.1, 0.15) is 6.92 Å². The Morgan fingerprint density at radius 2 is 2.17 bits per heavy atom.